The van der Waals surface area contributed by atoms with Crippen LogP contribution in [0, 0.1) is 6.92 Å². The van der Waals surface area contributed by atoms with Crippen molar-refractivity contribution >= 4 is 22.9 Å². The van der Waals surface area contributed by atoms with E-state index < -0.39 is 0 Å². The summed E-state index contributed by atoms with van der Waals surface area (Å²) in [7, 11) is 0. The minimum Gasteiger partial charge on any atom is -0.324 e. The van der Waals surface area contributed by atoms with Crippen LogP contribution in [-0.2, 0) is 6.42 Å². The van der Waals surface area contributed by atoms with Crippen molar-refractivity contribution in [2.45, 2.75) is 19.4 Å². The van der Waals surface area contributed by atoms with Crippen molar-refractivity contribution in [3.8, 4) is 0 Å². The Bertz CT molecular complexity index is 465. The fourth-order valence-corrected chi connectivity index (χ4v) is 2.56. The van der Waals surface area contributed by atoms with Crippen LogP contribution >= 0.6 is 22.9 Å². The number of hydrogen-bond donors (Lipinski definition) is 1. The van der Waals surface area contributed by atoms with Gasteiger partial charge in [-0.25, -0.2) is 0 Å². The third-order valence-corrected chi connectivity index (χ3v) is 3.93. The molecule has 1 aromatic heterocycles. The average Bonchev–Trinajstić information content (AvgIpc) is 2.74. The molecule has 1 atom stereocenters. The van der Waals surface area contributed by atoms with E-state index in [-0.39, 0.29) is 6.04 Å². The molecule has 0 aliphatic heterocycles. The zero-order chi connectivity index (χ0) is 11.5. The Hall–Kier alpha value is -0.830. The summed E-state index contributed by atoms with van der Waals surface area (Å²) in [5, 5.41) is 2.86. The van der Waals surface area contributed by atoms with E-state index in [2.05, 4.69) is 23.6 Å². The van der Waals surface area contributed by atoms with E-state index >= 15 is 0 Å². The molecule has 2 aromatic rings. The molecule has 0 fully saturated rings. The number of hydrogen-bond acceptors (Lipinski definition) is 2. The first-order valence-corrected chi connectivity index (χ1v) is 6.46. The van der Waals surface area contributed by atoms with Crippen molar-refractivity contribution in [2.24, 2.45) is 5.73 Å². The lowest BCUT2D eigenvalue weighted by Crippen LogP contribution is -2.12. The van der Waals surface area contributed by atoms with E-state index in [1.165, 1.54) is 4.88 Å². The maximum absolute atomic E-state index is 6.15. The largest absolute Gasteiger partial charge is 0.324 e. The van der Waals surface area contributed by atoms with Gasteiger partial charge in [0.1, 0.15) is 0 Å². The highest BCUT2D eigenvalue weighted by molar-refractivity contribution is 7.09. The molecule has 0 spiro atoms. The van der Waals surface area contributed by atoms with Crippen molar-refractivity contribution in [2.75, 3.05) is 0 Å². The number of benzene rings is 1. The second kappa shape index (κ2) is 5.00. The molecule has 3 heteroatoms. The summed E-state index contributed by atoms with van der Waals surface area (Å²) < 4.78 is 0. The van der Waals surface area contributed by atoms with E-state index in [1.807, 2.05) is 19.1 Å². The minimum atomic E-state index is 0.0248. The van der Waals surface area contributed by atoms with E-state index in [1.54, 1.807) is 11.3 Å². The van der Waals surface area contributed by atoms with Gasteiger partial charge < -0.3 is 5.73 Å². The van der Waals surface area contributed by atoms with Crippen LogP contribution in [-0.4, -0.2) is 0 Å². The molecule has 1 aromatic carbocycles. The van der Waals surface area contributed by atoms with Gasteiger partial charge in [-0.3, -0.25) is 0 Å². The first-order chi connectivity index (χ1) is 7.66. The molecule has 2 N–H and O–H groups in total. The third kappa shape index (κ3) is 2.64. The Labute approximate surface area is 105 Å². The standard InChI is InChI=1S/C13H14ClNS/c1-9-4-5-10(7-12(9)14)13(15)8-11-3-2-6-16-11/h2-7,13H,8,15H2,1H3. The van der Waals surface area contributed by atoms with Crippen LogP contribution in [0.15, 0.2) is 35.7 Å². The number of aryl methyl sites for hydroxylation is 1. The molecule has 16 heavy (non-hydrogen) atoms. The SMILES string of the molecule is Cc1ccc(C(N)Cc2cccs2)cc1Cl. The van der Waals surface area contributed by atoms with Gasteiger partial charge in [-0.1, -0.05) is 29.8 Å². The Morgan fingerprint density at radius 2 is 2.19 bits per heavy atom. The number of thiophene rings is 1. The van der Waals surface area contributed by atoms with Crippen LogP contribution in [0.2, 0.25) is 5.02 Å². The van der Waals surface area contributed by atoms with Crippen molar-refractivity contribution < 1.29 is 0 Å². The molecule has 2 rings (SSSR count). The lowest BCUT2D eigenvalue weighted by molar-refractivity contribution is 0.730. The summed E-state index contributed by atoms with van der Waals surface area (Å²) in [4.78, 5) is 1.31. The van der Waals surface area contributed by atoms with Gasteiger partial charge in [-0.05, 0) is 35.6 Å². The van der Waals surface area contributed by atoms with Crippen molar-refractivity contribution in [3.05, 3.63) is 56.7 Å². The topological polar surface area (TPSA) is 26.0 Å². The first kappa shape index (κ1) is 11.6. The summed E-state index contributed by atoms with van der Waals surface area (Å²) in [5.41, 5.74) is 8.35. The highest BCUT2D eigenvalue weighted by atomic mass is 35.5. The van der Waals surface area contributed by atoms with Gasteiger partial charge in [0.25, 0.3) is 0 Å². The van der Waals surface area contributed by atoms with Gasteiger partial charge >= 0.3 is 0 Å². The van der Waals surface area contributed by atoms with E-state index in [4.69, 9.17) is 17.3 Å². The molecule has 0 bridgehead atoms. The molecule has 0 saturated heterocycles. The summed E-state index contributed by atoms with van der Waals surface area (Å²) in [6.07, 6.45) is 0.872. The lowest BCUT2D eigenvalue weighted by Gasteiger charge is -2.12. The molecule has 84 valence electrons. The monoisotopic (exact) mass is 251 g/mol. The Balaban J connectivity index is 2.14. The smallest absolute Gasteiger partial charge is 0.0438 e. The van der Waals surface area contributed by atoms with E-state index in [0.717, 1.165) is 22.6 Å². The second-order valence-corrected chi connectivity index (χ2v) is 5.34. The van der Waals surface area contributed by atoms with Gasteiger partial charge in [0.15, 0.2) is 0 Å². The zero-order valence-electron chi connectivity index (χ0n) is 9.11. The fourth-order valence-electron chi connectivity index (χ4n) is 1.60. The van der Waals surface area contributed by atoms with Crippen LogP contribution in [0.4, 0.5) is 0 Å². The predicted molar refractivity (Wildman–Crippen MR) is 71.1 cm³/mol. The molecule has 0 aliphatic carbocycles. The van der Waals surface area contributed by atoms with Crippen LogP contribution in [0.1, 0.15) is 22.0 Å². The van der Waals surface area contributed by atoms with Crippen molar-refractivity contribution in [1.82, 2.24) is 0 Å². The Morgan fingerprint density at radius 3 is 2.81 bits per heavy atom. The highest BCUT2D eigenvalue weighted by Crippen LogP contribution is 2.23. The molecule has 0 aliphatic rings. The van der Waals surface area contributed by atoms with Crippen LogP contribution < -0.4 is 5.73 Å². The van der Waals surface area contributed by atoms with Crippen LogP contribution in [0.25, 0.3) is 0 Å². The lowest BCUT2D eigenvalue weighted by atomic mass is 10.0. The molecule has 0 saturated carbocycles. The van der Waals surface area contributed by atoms with Gasteiger partial charge in [-0.15, -0.1) is 11.3 Å². The van der Waals surface area contributed by atoms with Gasteiger partial charge in [0, 0.05) is 22.4 Å². The van der Waals surface area contributed by atoms with Crippen molar-refractivity contribution in [1.29, 1.82) is 0 Å². The summed E-state index contributed by atoms with van der Waals surface area (Å²) in [5.74, 6) is 0. The summed E-state index contributed by atoms with van der Waals surface area (Å²) in [6, 6.07) is 10.2. The summed E-state index contributed by atoms with van der Waals surface area (Å²) in [6.45, 7) is 2.00. The number of halogens is 1. The molecule has 1 unspecified atom stereocenters. The maximum atomic E-state index is 6.15. The Kier molecular flexibility index (Phi) is 3.64. The molecular weight excluding hydrogens is 238 g/mol. The predicted octanol–water partition coefficient (Wildman–Crippen LogP) is 3.95. The van der Waals surface area contributed by atoms with Gasteiger partial charge in [-0.2, -0.15) is 0 Å². The maximum Gasteiger partial charge on any atom is 0.0438 e. The first-order valence-electron chi connectivity index (χ1n) is 5.21. The molecular formula is C13H14ClNS. The highest BCUT2D eigenvalue weighted by Gasteiger charge is 2.09. The Morgan fingerprint density at radius 1 is 1.38 bits per heavy atom. The van der Waals surface area contributed by atoms with Gasteiger partial charge in [0.2, 0.25) is 0 Å². The number of nitrogens with two attached hydrogens (primary N) is 1. The van der Waals surface area contributed by atoms with Crippen molar-refractivity contribution in [3.63, 3.8) is 0 Å². The van der Waals surface area contributed by atoms with Crippen LogP contribution in [0.5, 0.6) is 0 Å². The third-order valence-electron chi connectivity index (χ3n) is 2.63. The normalized spacial score (nSPS) is 12.7. The molecule has 1 nitrogen and oxygen atoms in total. The number of rotatable bonds is 3. The van der Waals surface area contributed by atoms with E-state index in [0.29, 0.717) is 0 Å². The zero-order valence-corrected chi connectivity index (χ0v) is 10.7. The molecule has 0 amide bonds. The van der Waals surface area contributed by atoms with Crippen LogP contribution in [0.3, 0.4) is 0 Å². The second-order valence-electron chi connectivity index (χ2n) is 3.90. The summed E-state index contributed by atoms with van der Waals surface area (Å²) >= 11 is 7.83. The average molecular weight is 252 g/mol. The molecule has 1 heterocycles. The fraction of sp³-hybridized carbons (Fsp3) is 0.231. The molecule has 0 radical (unpaired) electrons. The van der Waals surface area contributed by atoms with Gasteiger partial charge in [0.05, 0.1) is 0 Å². The quantitative estimate of drug-likeness (QED) is 0.878. The minimum absolute atomic E-state index is 0.0248. The van der Waals surface area contributed by atoms with E-state index in [9.17, 15) is 0 Å².